The molecule has 2 aromatic carbocycles. The van der Waals surface area contributed by atoms with Crippen LogP contribution in [0.5, 0.6) is 0 Å². The lowest BCUT2D eigenvalue weighted by Gasteiger charge is -2.10. The number of nitrogens with two attached hydrogens (primary N) is 1. The van der Waals surface area contributed by atoms with Crippen LogP contribution in [0.2, 0.25) is 0 Å². The summed E-state index contributed by atoms with van der Waals surface area (Å²) in [5.74, 6) is -0.696. The van der Waals surface area contributed by atoms with Gasteiger partial charge in [-0.05, 0) is 24.3 Å². The largest absolute Gasteiger partial charge is 0.423 e. The number of carbonyl (C=O) groups excluding carboxylic acids is 1. The summed E-state index contributed by atoms with van der Waals surface area (Å²) < 4.78 is 28.1. The molecule has 0 saturated heterocycles. The molecule has 2 rings (SSSR count). The highest BCUT2D eigenvalue weighted by Crippen LogP contribution is 2.23. The molecule has 0 aliphatic heterocycles. The fourth-order valence-electron chi connectivity index (χ4n) is 1.75. The van der Waals surface area contributed by atoms with Gasteiger partial charge in [-0.25, -0.2) is 18.4 Å². The first-order valence-corrected chi connectivity index (χ1v) is 7.52. The van der Waals surface area contributed by atoms with Crippen molar-refractivity contribution in [2.24, 2.45) is 5.14 Å². The molecule has 2 aromatic rings. The minimum atomic E-state index is -3.93. The number of hydrogen-bond donors (Lipinski definition) is 1. The van der Waals surface area contributed by atoms with Crippen molar-refractivity contribution in [1.29, 1.82) is 0 Å². The summed E-state index contributed by atoms with van der Waals surface area (Å²) in [6, 6.07) is 14.2. The van der Waals surface area contributed by atoms with Gasteiger partial charge in [0.2, 0.25) is 10.0 Å². The van der Waals surface area contributed by atoms with Crippen LogP contribution in [0.3, 0.4) is 0 Å². The number of hydrogen-bond acceptors (Lipinski definition) is 4. The Hall–Kier alpha value is -2.44. The fraction of sp³-hybridized carbons (Fsp3) is 0. The summed E-state index contributed by atoms with van der Waals surface area (Å²) in [7, 11) is -3.93. The first-order valence-electron chi connectivity index (χ1n) is 5.98. The Kier molecular flexibility index (Phi) is 4.21. The van der Waals surface area contributed by atoms with E-state index in [2.05, 4.69) is 6.58 Å². The van der Waals surface area contributed by atoms with Gasteiger partial charge in [-0.15, -0.1) is 0 Å². The van der Waals surface area contributed by atoms with E-state index in [0.717, 1.165) is 0 Å². The van der Waals surface area contributed by atoms with Gasteiger partial charge >= 0.3 is 5.97 Å². The van der Waals surface area contributed by atoms with Crippen molar-refractivity contribution in [2.75, 3.05) is 0 Å². The number of sulfonamides is 1. The number of esters is 1. The molecule has 0 heterocycles. The van der Waals surface area contributed by atoms with E-state index in [9.17, 15) is 13.2 Å². The molecule has 5 nitrogen and oxygen atoms in total. The zero-order valence-electron chi connectivity index (χ0n) is 11.0. The average Bonchev–Trinajstić information content (AvgIpc) is 2.47. The summed E-state index contributed by atoms with van der Waals surface area (Å²) in [6.45, 7) is 3.60. The van der Waals surface area contributed by atoms with E-state index in [-0.39, 0.29) is 16.2 Å². The Labute approximate surface area is 122 Å². The second-order valence-electron chi connectivity index (χ2n) is 4.22. The van der Waals surface area contributed by atoms with Crippen LogP contribution in [0.1, 0.15) is 15.9 Å². The second kappa shape index (κ2) is 5.90. The van der Waals surface area contributed by atoms with Gasteiger partial charge in [0.1, 0.15) is 5.76 Å². The van der Waals surface area contributed by atoms with E-state index in [4.69, 9.17) is 9.88 Å². The van der Waals surface area contributed by atoms with E-state index in [1.807, 2.05) is 0 Å². The van der Waals surface area contributed by atoms with Crippen LogP contribution in [0, 0.1) is 0 Å². The van der Waals surface area contributed by atoms with Gasteiger partial charge in [0.05, 0.1) is 10.5 Å². The molecule has 0 bridgehead atoms. The quantitative estimate of drug-likeness (QED) is 0.692. The third kappa shape index (κ3) is 3.56. The fourth-order valence-corrected chi connectivity index (χ4v) is 2.50. The average molecular weight is 303 g/mol. The van der Waals surface area contributed by atoms with Crippen LogP contribution in [-0.2, 0) is 14.8 Å². The molecule has 0 aliphatic carbocycles. The van der Waals surface area contributed by atoms with Crippen LogP contribution in [-0.4, -0.2) is 14.4 Å². The Morgan fingerprint density at radius 1 is 1.00 bits per heavy atom. The monoisotopic (exact) mass is 303 g/mol. The molecule has 0 amide bonds. The lowest BCUT2D eigenvalue weighted by atomic mass is 10.2. The molecular weight excluding hydrogens is 290 g/mol. The van der Waals surface area contributed by atoms with Crippen LogP contribution in [0.4, 0.5) is 0 Å². The van der Waals surface area contributed by atoms with Crippen LogP contribution in [0.15, 0.2) is 66.1 Å². The summed E-state index contributed by atoms with van der Waals surface area (Å²) >= 11 is 0. The first kappa shape index (κ1) is 15.0. The van der Waals surface area contributed by atoms with Gasteiger partial charge in [0.15, 0.2) is 0 Å². The molecule has 0 radical (unpaired) electrons. The normalized spacial score (nSPS) is 10.9. The predicted molar refractivity (Wildman–Crippen MR) is 78.7 cm³/mol. The van der Waals surface area contributed by atoms with Crippen molar-refractivity contribution in [3.05, 3.63) is 72.3 Å². The molecule has 0 aliphatic rings. The summed E-state index contributed by atoms with van der Waals surface area (Å²) in [6.07, 6.45) is 0. The summed E-state index contributed by atoms with van der Waals surface area (Å²) in [4.78, 5) is 11.8. The highest BCUT2D eigenvalue weighted by Gasteiger charge is 2.18. The molecule has 0 aromatic heterocycles. The van der Waals surface area contributed by atoms with Crippen LogP contribution < -0.4 is 5.14 Å². The molecule has 0 unspecified atom stereocenters. The molecule has 0 atom stereocenters. The number of ether oxygens (including phenoxy) is 1. The molecule has 2 N–H and O–H groups in total. The summed E-state index contributed by atoms with van der Waals surface area (Å²) in [5, 5.41) is 5.13. The van der Waals surface area contributed by atoms with Crippen molar-refractivity contribution >= 4 is 21.8 Å². The maximum atomic E-state index is 11.9. The van der Waals surface area contributed by atoms with E-state index >= 15 is 0 Å². The molecule has 0 saturated carbocycles. The first-order chi connectivity index (χ1) is 9.89. The van der Waals surface area contributed by atoms with Crippen molar-refractivity contribution < 1.29 is 17.9 Å². The second-order valence-corrected chi connectivity index (χ2v) is 5.75. The number of carbonyl (C=O) groups is 1. The lowest BCUT2D eigenvalue weighted by molar-refractivity contribution is 0.0692. The standard InChI is InChI=1S/C15H13NO4S/c1-11(20-15(17)12-7-3-2-4-8-12)13-9-5-6-10-14(13)21(16,18)19/h2-10H,1H2,(H2,16,18,19). The Balaban J connectivity index is 2.28. The van der Waals surface area contributed by atoms with Gasteiger partial charge in [-0.2, -0.15) is 0 Å². The smallest absolute Gasteiger partial charge is 0.343 e. The minimum Gasteiger partial charge on any atom is -0.423 e. The molecule has 108 valence electrons. The summed E-state index contributed by atoms with van der Waals surface area (Å²) in [5.41, 5.74) is 0.496. The molecule has 6 heteroatoms. The Bertz CT molecular complexity index is 782. The highest BCUT2D eigenvalue weighted by molar-refractivity contribution is 7.89. The topological polar surface area (TPSA) is 86.5 Å². The molecular formula is C15H13NO4S. The van der Waals surface area contributed by atoms with E-state index in [1.165, 1.54) is 18.2 Å². The van der Waals surface area contributed by atoms with Gasteiger partial charge in [-0.1, -0.05) is 36.9 Å². The Morgan fingerprint density at radius 2 is 1.57 bits per heavy atom. The van der Waals surface area contributed by atoms with Crippen molar-refractivity contribution in [1.82, 2.24) is 0 Å². The van der Waals surface area contributed by atoms with E-state index < -0.39 is 16.0 Å². The molecule has 21 heavy (non-hydrogen) atoms. The molecule has 0 fully saturated rings. The van der Waals surface area contributed by atoms with Crippen molar-refractivity contribution in [2.45, 2.75) is 4.90 Å². The number of rotatable bonds is 4. The molecule has 0 spiro atoms. The number of primary sulfonamides is 1. The van der Waals surface area contributed by atoms with Gasteiger partial charge < -0.3 is 4.74 Å². The van der Waals surface area contributed by atoms with Crippen LogP contribution >= 0.6 is 0 Å². The van der Waals surface area contributed by atoms with Crippen molar-refractivity contribution in [3.8, 4) is 0 Å². The van der Waals surface area contributed by atoms with Crippen LogP contribution in [0.25, 0.3) is 5.76 Å². The highest BCUT2D eigenvalue weighted by atomic mass is 32.2. The minimum absolute atomic E-state index is 0.0755. The van der Waals surface area contributed by atoms with Crippen molar-refractivity contribution in [3.63, 3.8) is 0 Å². The Morgan fingerprint density at radius 3 is 2.19 bits per heavy atom. The third-order valence-electron chi connectivity index (χ3n) is 2.72. The lowest BCUT2D eigenvalue weighted by Crippen LogP contribution is -2.15. The van der Waals surface area contributed by atoms with Gasteiger partial charge in [-0.3, -0.25) is 0 Å². The van der Waals surface area contributed by atoms with Gasteiger partial charge in [0.25, 0.3) is 0 Å². The maximum absolute atomic E-state index is 11.9. The van der Waals surface area contributed by atoms with E-state index in [1.54, 1.807) is 36.4 Å². The zero-order chi connectivity index (χ0) is 15.5. The zero-order valence-corrected chi connectivity index (χ0v) is 11.8. The third-order valence-corrected chi connectivity index (χ3v) is 3.69. The predicted octanol–water partition coefficient (Wildman–Crippen LogP) is 2.16. The SMILES string of the molecule is C=C(OC(=O)c1ccccc1)c1ccccc1S(N)(=O)=O. The maximum Gasteiger partial charge on any atom is 0.343 e. The number of benzene rings is 2. The van der Waals surface area contributed by atoms with E-state index in [0.29, 0.717) is 5.56 Å². The van der Waals surface area contributed by atoms with Gasteiger partial charge in [0, 0.05) is 5.56 Å².